The van der Waals surface area contributed by atoms with Gasteiger partial charge < -0.3 is 33.7 Å². The normalized spacial score (nSPS) is 19.4. The topological polar surface area (TPSA) is 132 Å². The van der Waals surface area contributed by atoms with Gasteiger partial charge in [0.15, 0.2) is 23.9 Å². The molecule has 5 aromatic rings. The summed E-state index contributed by atoms with van der Waals surface area (Å²) in [5.74, 6) is 4.84. The summed E-state index contributed by atoms with van der Waals surface area (Å²) in [4.78, 5) is 29.8. The number of hydrogen-bond acceptors (Lipinski definition) is 12. The largest absolute Gasteiger partial charge is 0.446 e. The van der Waals surface area contributed by atoms with Crippen LogP contribution in [0.2, 0.25) is 0 Å². The molecule has 57 heavy (non-hydrogen) atoms. The van der Waals surface area contributed by atoms with Gasteiger partial charge in [0.1, 0.15) is 23.2 Å². The van der Waals surface area contributed by atoms with Crippen molar-refractivity contribution >= 4 is 63.4 Å². The molecule has 2 aromatic carbocycles. The van der Waals surface area contributed by atoms with Crippen LogP contribution in [0.25, 0.3) is 5.70 Å². The number of aliphatic imine (C=N–C) groups is 4. The molecule has 2 fully saturated rings. The zero-order valence-electron chi connectivity index (χ0n) is 32.3. The molecular weight excluding hydrogens is 715 g/mol. The molecule has 5 aliphatic heterocycles. The van der Waals surface area contributed by atoms with Gasteiger partial charge in [-0.25, -0.2) is 25.0 Å². The van der Waals surface area contributed by atoms with Crippen LogP contribution in [0.15, 0.2) is 124 Å². The Hall–Kier alpha value is -6.43. The highest BCUT2D eigenvalue weighted by Gasteiger charge is 2.34. The van der Waals surface area contributed by atoms with E-state index in [0.717, 1.165) is 77.2 Å². The molecule has 1 unspecified atom stereocenters. The number of amidine groups is 3. The maximum absolute atomic E-state index is 6.04. The van der Waals surface area contributed by atoms with Crippen molar-refractivity contribution in [2.24, 2.45) is 25.9 Å². The van der Waals surface area contributed by atoms with Gasteiger partial charge in [-0.2, -0.15) is 0 Å². The van der Waals surface area contributed by atoms with Gasteiger partial charge in [-0.05, 0) is 125 Å². The van der Waals surface area contributed by atoms with Crippen LogP contribution in [-0.4, -0.2) is 54.4 Å². The molecule has 0 radical (unpaired) electrons. The lowest BCUT2D eigenvalue weighted by atomic mass is 9.96. The van der Waals surface area contributed by atoms with Gasteiger partial charge in [0.25, 0.3) is 0 Å². The standard InChI is InChI=1S/C45H45N9O3/c1-28-9-15-41(56-28)47-38-24-31(53-17-5-3-6-18-53)11-13-33(38)36-22-30-21-35-43(49-36)51-45(40-26-46-27-55-40)52-44(35)50-37(23-30)34-14-12-32(54-19-7-4-8-20-54)25-39(34)48-42-16-10-29(2)57-42/h9-16,22-27,35,47-48H,3-8,17-21H2,1-2H3. The summed E-state index contributed by atoms with van der Waals surface area (Å²) < 4.78 is 17.8. The van der Waals surface area contributed by atoms with E-state index in [0.29, 0.717) is 41.5 Å². The molecule has 10 rings (SSSR count). The zero-order chi connectivity index (χ0) is 38.3. The number of aryl methyl sites for hydroxylation is 2. The van der Waals surface area contributed by atoms with Gasteiger partial charge in [0.2, 0.25) is 5.84 Å². The smallest absolute Gasteiger partial charge is 0.200 e. The number of furan rings is 2. The van der Waals surface area contributed by atoms with E-state index in [9.17, 15) is 0 Å². The Bertz CT molecular complexity index is 2400. The summed E-state index contributed by atoms with van der Waals surface area (Å²) in [5, 5.41) is 7.20. The summed E-state index contributed by atoms with van der Waals surface area (Å²) in [5.41, 5.74) is 8.66. The first-order chi connectivity index (χ1) is 28.0. The van der Waals surface area contributed by atoms with E-state index < -0.39 is 0 Å². The number of benzene rings is 2. The number of rotatable bonds is 9. The van der Waals surface area contributed by atoms with Crippen LogP contribution in [0.4, 0.5) is 34.5 Å². The van der Waals surface area contributed by atoms with E-state index in [1.54, 1.807) is 6.20 Å². The van der Waals surface area contributed by atoms with Crippen molar-refractivity contribution in [2.75, 3.05) is 46.6 Å². The second kappa shape index (κ2) is 14.9. The highest BCUT2D eigenvalue weighted by Crippen LogP contribution is 2.39. The molecule has 3 aromatic heterocycles. The fourth-order valence-corrected chi connectivity index (χ4v) is 8.36. The Kier molecular flexibility index (Phi) is 9.16. The van der Waals surface area contributed by atoms with Gasteiger partial charge in [0.05, 0.1) is 34.9 Å². The summed E-state index contributed by atoms with van der Waals surface area (Å²) >= 11 is 0. The molecule has 1 atom stereocenters. The number of allylic oxidation sites excluding steroid dienone is 3. The average molecular weight is 760 g/mol. The van der Waals surface area contributed by atoms with Crippen LogP contribution in [-0.2, 0) is 0 Å². The Morgan fingerprint density at radius 1 is 0.632 bits per heavy atom. The first-order valence-corrected chi connectivity index (χ1v) is 20.1. The molecule has 12 heteroatoms. The Balaban J connectivity index is 1.12. The molecular formula is C45H45N9O3. The summed E-state index contributed by atoms with van der Waals surface area (Å²) in [7, 11) is 0. The minimum atomic E-state index is -0.275. The summed E-state index contributed by atoms with van der Waals surface area (Å²) in [6, 6.07) is 21.1. The SMILES string of the molecule is Cc1ccc(Nc2cc(N3CCCCC3)ccc2C2=CC3=CC(c4ccc(N5CCCCC5)cc4Nc4ccc(C)o4)=NC4=NC(c5cnco5)=NC(=N2)C4C3)o1. The number of aromatic nitrogens is 1. The molecule has 0 spiro atoms. The molecule has 2 bridgehead atoms. The second-order valence-electron chi connectivity index (χ2n) is 15.4. The fourth-order valence-electron chi connectivity index (χ4n) is 8.36. The maximum Gasteiger partial charge on any atom is 0.200 e. The first kappa shape index (κ1) is 35.0. The average Bonchev–Trinajstić information content (AvgIpc) is 3.97. The molecule has 0 amide bonds. The number of nitrogens with one attached hydrogen (secondary N) is 2. The van der Waals surface area contributed by atoms with Crippen molar-refractivity contribution in [2.45, 2.75) is 58.8 Å². The van der Waals surface area contributed by atoms with E-state index in [2.05, 4.69) is 74.0 Å². The van der Waals surface area contributed by atoms with Crippen LogP contribution in [0.1, 0.15) is 73.4 Å². The molecule has 12 nitrogen and oxygen atoms in total. The lowest BCUT2D eigenvalue weighted by molar-refractivity contribution is 0.548. The predicted octanol–water partition coefficient (Wildman–Crippen LogP) is 9.99. The first-order valence-electron chi connectivity index (χ1n) is 20.1. The van der Waals surface area contributed by atoms with Crippen molar-refractivity contribution in [1.29, 1.82) is 0 Å². The van der Waals surface area contributed by atoms with E-state index in [1.165, 1.54) is 56.3 Å². The highest BCUT2D eigenvalue weighted by molar-refractivity contribution is 6.27. The van der Waals surface area contributed by atoms with E-state index >= 15 is 0 Å². The van der Waals surface area contributed by atoms with Gasteiger partial charge >= 0.3 is 0 Å². The third kappa shape index (κ3) is 7.23. The molecule has 0 aliphatic carbocycles. The van der Waals surface area contributed by atoms with Gasteiger partial charge in [-0.1, -0.05) is 0 Å². The second-order valence-corrected chi connectivity index (χ2v) is 15.4. The van der Waals surface area contributed by atoms with Crippen molar-refractivity contribution in [3.05, 3.63) is 119 Å². The molecule has 288 valence electrons. The van der Waals surface area contributed by atoms with Crippen LogP contribution < -0.4 is 20.4 Å². The number of hydrogen-bond donors (Lipinski definition) is 2. The molecule has 0 saturated carbocycles. The number of anilines is 6. The third-order valence-electron chi connectivity index (χ3n) is 11.3. The maximum atomic E-state index is 6.04. The monoisotopic (exact) mass is 759 g/mol. The third-order valence-corrected chi connectivity index (χ3v) is 11.3. The van der Waals surface area contributed by atoms with Gasteiger partial charge in [-0.3, -0.25) is 0 Å². The molecule has 2 saturated heterocycles. The Morgan fingerprint density at radius 2 is 1.25 bits per heavy atom. The Morgan fingerprint density at radius 3 is 1.84 bits per heavy atom. The number of piperidine rings is 2. The zero-order valence-corrected chi connectivity index (χ0v) is 32.3. The van der Waals surface area contributed by atoms with Crippen molar-refractivity contribution in [3.63, 3.8) is 0 Å². The molecule has 5 aliphatic rings. The molecule has 2 N–H and O–H groups in total. The van der Waals surface area contributed by atoms with Crippen LogP contribution in [0.3, 0.4) is 0 Å². The highest BCUT2D eigenvalue weighted by atomic mass is 16.4. The lowest BCUT2D eigenvalue weighted by Gasteiger charge is -2.29. The minimum Gasteiger partial charge on any atom is -0.446 e. The van der Waals surface area contributed by atoms with E-state index in [1.807, 2.05) is 38.1 Å². The minimum absolute atomic E-state index is 0.275. The van der Waals surface area contributed by atoms with Crippen LogP contribution >= 0.6 is 0 Å². The lowest BCUT2D eigenvalue weighted by Crippen LogP contribution is -2.29. The summed E-state index contributed by atoms with van der Waals surface area (Å²) in [6.07, 6.45) is 15.3. The summed E-state index contributed by atoms with van der Waals surface area (Å²) in [6.45, 7) is 8.06. The quantitative estimate of drug-likeness (QED) is 0.152. The number of oxazole rings is 1. The fraction of sp³-hybridized carbons (Fsp3) is 0.311. The van der Waals surface area contributed by atoms with Crippen molar-refractivity contribution in [1.82, 2.24) is 4.98 Å². The van der Waals surface area contributed by atoms with E-state index in [-0.39, 0.29) is 5.92 Å². The predicted molar refractivity (Wildman–Crippen MR) is 227 cm³/mol. The van der Waals surface area contributed by atoms with Crippen molar-refractivity contribution < 1.29 is 13.3 Å². The number of nitrogens with zero attached hydrogens (tertiary/aromatic N) is 7. The van der Waals surface area contributed by atoms with Gasteiger partial charge in [0, 0.05) is 60.8 Å². The van der Waals surface area contributed by atoms with Crippen molar-refractivity contribution in [3.8, 4) is 0 Å². The number of fused-ring (bicyclic) bond motifs is 1. The van der Waals surface area contributed by atoms with Crippen LogP contribution in [0, 0.1) is 19.8 Å². The Labute approximate surface area is 331 Å². The van der Waals surface area contributed by atoms with Gasteiger partial charge in [-0.15, -0.1) is 0 Å². The van der Waals surface area contributed by atoms with E-state index in [4.69, 9.17) is 33.2 Å². The molecule has 8 heterocycles. The van der Waals surface area contributed by atoms with Crippen LogP contribution in [0.5, 0.6) is 0 Å².